The van der Waals surface area contributed by atoms with Crippen LogP contribution in [0.4, 0.5) is 5.69 Å². The molecule has 0 bridgehead atoms. The molecule has 0 saturated heterocycles. The van der Waals surface area contributed by atoms with Gasteiger partial charge in [0.1, 0.15) is 11.5 Å². The number of nitrogens with one attached hydrogen (secondary N) is 1. The molecule has 0 aliphatic rings. The second kappa shape index (κ2) is 9.40. The summed E-state index contributed by atoms with van der Waals surface area (Å²) >= 11 is 0. The van der Waals surface area contributed by atoms with E-state index in [9.17, 15) is 18.0 Å². The van der Waals surface area contributed by atoms with Crippen molar-refractivity contribution >= 4 is 27.4 Å². The summed E-state index contributed by atoms with van der Waals surface area (Å²) in [4.78, 5) is 25.1. The van der Waals surface area contributed by atoms with E-state index < -0.39 is 33.6 Å². The summed E-state index contributed by atoms with van der Waals surface area (Å²) in [7, 11) is -3.62. The third kappa shape index (κ3) is 5.45. The van der Waals surface area contributed by atoms with Gasteiger partial charge in [-0.3, -0.25) is 4.79 Å². The zero-order chi connectivity index (χ0) is 23.5. The Labute approximate surface area is 187 Å². The van der Waals surface area contributed by atoms with E-state index in [1.165, 1.54) is 31.2 Å². The van der Waals surface area contributed by atoms with Crippen molar-refractivity contribution in [1.29, 1.82) is 0 Å². The molecule has 2 aromatic carbocycles. The van der Waals surface area contributed by atoms with Crippen molar-refractivity contribution in [2.75, 3.05) is 5.32 Å². The molecule has 3 aromatic rings. The van der Waals surface area contributed by atoms with Crippen LogP contribution >= 0.6 is 0 Å². The van der Waals surface area contributed by atoms with E-state index in [4.69, 9.17) is 9.15 Å². The Morgan fingerprint density at radius 3 is 2.25 bits per heavy atom. The lowest BCUT2D eigenvalue weighted by Gasteiger charge is -2.16. The number of ether oxygens (including phenoxy) is 1. The maximum Gasteiger partial charge on any atom is 0.375 e. The highest BCUT2D eigenvalue weighted by molar-refractivity contribution is 7.90. The molecule has 1 N–H and O–H groups in total. The molecule has 1 amide bonds. The van der Waals surface area contributed by atoms with Crippen molar-refractivity contribution in [2.24, 2.45) is 0 Å². The summed E-state index contributed by atoms with van der Waals surface area (Å²) in [5.74, 6) is -1.80. The van der Waals surface area contributed by atoms with E-state index in [0.717, 1.165) is 16.7 Å². The number of sulfone groups is 1. The number of carbonyl (C=O) groups is 2. The Morgan fingerprint density at radius 2 is 1.62 bits per heavy atom. The molecule has 168 valence electrons. The van der Waals surface area contributed by atoms with Crippen molar-refractivity contribution in [2.45, 2.75) is 44.4 Å². The quantitative estimate of drug-likeness (QED) is 0.531. The van der Waals surface area contributed by atoms with Crippen molar-refractivity contribution in [3.8, 4) is 0 Å². The third-order valence-electron chi connectivity index (χ3n) is 4.88. The Morgan fingerprint density at radius 1 is 1.00 bits per heavy atom. The van der Waals surface area contributed by atoms with E-state index in [0.29, 0.717) is 5.69 Å². The van der Waals surface area contributed by atoms with Crippen LogP contribution in [0.5, 0.6) is 0 Å². The number of furan rings is 1. The molecule has 0 radical (unpaired) electrons. The van der Waals surface area contributed by atoms with E-state index in [2.05, 4.69) is 5.32 Å². The molecule has 3 rings (SSSR count). The first kappa shape index (κ1) is 23.3. The van der Waals surface area contributed by atoms with Gasteiger partial charge in [0.05, 0.1) is 4.90 Å². The second-order valence-corrected chi connectivity index (χ2v) is 9.64. The number of amides is 1. The van der Waals surface area contributed by atoms with Gasteiger partial charge in [-0.1, -0.05) is 35.9 Å². The number of hydrogen-bond donors (Lipinski definition) is 1. The molecule has 0 unspecified atom stereocenters. The molecule has 32 heavy (non-hydrogen) atoms. The predicted octanol–water partition coefficient (Wildman–Crippen LogP) is 4.36. The molecule has 0 fully saturated rings. The van der Waals surface area contributed by atoms with Crippen molar-refractivity contribution in [3.63, 3.8) is 0 Å². The molecule has 0 aliphatic carbocycles. The van der Waals surface area contributed by atoms with Crippen LogP contribution in [0.3, 0.4) is 0 Å². The maximum atomic E-state index is 12.5. The minimum absolute atomic E-state index is 0.101. The molecular weight excluding hydrogens is 430 g/mol. The van der Waals surface area contributed by atoms with Gasteiger partial charge in [-0.15, -0.1) is 0 Å². The number of anilines is 1. The van der Waals surface area contributed by atoms with E-state index in [1.807, 2.05) is 32.9 Å². The fourth-order valence-corrected chi connectivity index (χ4v) is 4.61. The van der Waals surface area contributed by atoms with Gasteiger partial charge in [-0.05, 0) is 63.1 Å². The minimum Gasteiger partial charge on any atom is -0.453 e. The van der Waals surface area contributed by atoms with Crippen LogP contribution in [0.15, 0.2) is 63.9 Å². The summed E-state index contributed by atoms with van der Waals surface area (Å²) in [6.45, 7) is 7.20. The average Bonchev–Trinajstić information content (AvgIpc) is 3.19. The van der Waals surface area contributed by atoms with Gasteiger partial charge >= 0.3 is 5.97 Å². The Bertz CT molecular complexity index is 1220. The van der Waals surface area contributed by atoms with Gasteiger partial charge in [0.25, 0.3) is 5.91 Å². The molecule has 1 aromatic heterocycles. The highest BCUT2D eigenvalue weighted by atomic mass is 32.2. The van der Waals surface area contributed by atoms with E-state index in [1.54, 1.807) is 18.2 Å². The minimum atomic E-state index is -3.62. The van der Waals surface area contributed by atoms with Crippen molar-refractivity contribution < 1.29 is 27.2 Å². The topological polar surface area (TPSA) is 103 Å². The van der Waals surface area contributed by atoms with Gasteiger partial charge in [0.2, 0.25) is 5.76 Å². The summed E-state index contributed by atoms with van der Waals surface area (Å²) in [6.07, 6.45) is -1.08. The first-order chi connectivity index (χ1) is 15.1. The van der Waals surface area contributed by atoms with Crippen LogP contribution in [0.25, 0.3) is 0 Å². The van der Waals surface area contributed by atoms with Crippen molar-refractivity contribution in [1.82, 2.24) is 0 Å². The lowest BCUT2D eigenvalue weighted by molar-refractivity contribution is -0.123. The molecular formula is C24H25NO6S. The van der Waals surface area contributed by atoms with Gasteiger partial charge in [0, 0.05) is 5.69 Å². The number of benzene rings is 2. The maximum absolute atomic E-state index is 12.5. The number of aryl methyl sites for hydroxylation is 3. The standard InChI is InChI=1S/C24H25NO6S/c1-15-12-16(2)22(17(3)13-15)25-23(26)18(4)30-24(27)21-11-10-19(31-21)14-32(28,29)20-8-6-5-7-9-20/h5-13,18H,14H2,1-4H3,(H,25,26)/t18-/m0/s1. The highest BCUT2D eigenvalue weighted by Gasteiger charge is 2.24. The number of rotatable bonds is 7. The normalized spacial score (nSPS) is 12.2. The molecule has 1 atom stereocenters. The Kier molecular flexibility index (Phi) is 6.84. The van der Waals surface area contributed by atoms with Gasteiger partial charge < -0.3 is 14.5 Å². The Hall–Kier alpha value is -3.39. The first-order valence-electron chi connectivity index (χ1n) is 10.0. The zero-order valence-corrected chi connectivity index (χ0v) is 19.2. The molecule has 0 saturated carbocycles. The zero-order valence-electron chi connectivity index (χ0n) is 18.3. The van der Waals surface area contributed by atoms with E-state index >= 15 is 0 Å². The summed E-state index contributed by atoms with van der Waals surface area (Å²) < 4.78 is 35.5. The van der Waals surface area contributed by atoms with Gasteiger partial charge in [-0.25, -0.2) is 13.2 Å². The molecule has 7 nitrogen and oxygen atoms in total. The average molecular weight is 456 g/mol. The van der Waals surface area contributed by atoms with Gasteiger partial charge in [-0.2, -0.15) is 0 Å². The summed E-state index contributed by atoms with van der Waals surface area (Å²) in [5, 5.41) is 2.79. The molecule has 1 heterocycles. The number of hydrogen-bond acceptors (Lipinski definition) is 6. The fourth-order valence-electron chi connectivity index (χ4n) is 3.34. The summed E-state index contributed by atoms with van der Waals surface area (Å²) in [6, 6.07) is 14.6. The van der Waals surface area contributed by atoms with Crippen LogP contribution in [0.2, 0.25) is 0 Å². The largest absolute Gasteiger partial charge is 0.453 e. The van der Waals surface area contributed by atoms with Crippen LogP contribution in [0, 0.1) is 20.8 Å². The number of carbonyl (C=O) groups excluding carboxylic acids is 2. The second-order valence-electron chi connectivity index (χ2n) is 7.65. The predicted molar refractivity (Wildman–Crippen MR) is 120 cm³/mol. The Balaban J connectivity index is 1.64. The lowest BCUT2D eigenvalue weighted by atomic mass is 10.0. The fraction of sp³-hybridized carbons (Fsp3) is 0.250. The van der Waals surface area contributed by atoms with E-state index in [-0.39, 0.29) is 16.4 Å². The van der Waals surface area contributed by atoms with Crippen LogP contribution in [-0.4, -0.2) is 26.4 Å². The third-order valence-corrected chi connectivity index (χ3v) is 6.53. The van der Waals surface area contributed by atoms with Crippen LogP contribution < -0.4 is 5.32 Å². The summed E-state index contributed by atoms with van der Waals surface area (Å²) in [5.41, 5.74) is 3.57. The SMILES string of the molecule is Cc1cc(C)c(NC(=O)[C@H](C)OC(=O)c2ccc(CS(=O)(=O)c3ccccc3)o2)c(C)c1. The van der Waals surface area contributed by atoms with Crippen LogP contribution in [0.1, 0.15) is 39.9 Å². The monoisotopic (exact) mass is 455 g/mol. The smallest absolute Gasteiger partial charge is 0.375 e. The first-order valence-corrected chi connectivity index (χ1v) is 11.7. The lowest BCUT2D eigenvalue weighted by Crippen LogP contribution is -2.30. The van der Waals surface area contributed by atoms with Crippen LogP contribution in [-0.2, 0) is 25.1 Å². The number of esters is 1. The van der Waals surface area contributed by atoms with Gasteiger partial charge in [0.15, 0.2) is 15.9 Å². The molecule has 8 heteroatoms. The molecule has 0 aliphatic heterocycles. The molecule has 0 spiro atoms. The highest BCUT2D eigenvalue weighted by Crippen LogP contribution is 2.23. The van der Waals surface area contributed by atoms with Crippen molar-refractivity contribution in [3.05, 3.63) is 82.8 Å².